The van der Waals surface area contributed by atoms with Gasteiger partial charge < -0.3 is 10.2 Å². The SMILES string of the molecule is CCNC(=NCC1(c2ccccc2)CCCC1)N1CCS(=O)(=O)C(C)(C)C1. The summed E-state index contributed by atoms with van der Waals surface area (Å²) < 4.78 is 23.9. The first-order chi connectivity index (χ1) is 12.8. The van der Waals surface area contributed by atoms with Gasteiger partial charge in [0.05, 0.1) is 17.0 Å². The number of sulfone groups is 1. The molecule has 27 heavy (non-hydrogen) atoms. The lowest BCUT2D eigenvalue weighted by Gasteiger charge is -2.39. The molecule has 1 aromatic carbocycles. The molecule has 0 spiro atoms. The number of nitrogens with zero attached hydrogens (tertiary/aromatic N) is 2. The van der Waals surface area contributed by atoms with E-state index in [2.05, 4.69) is 47.5 Å². The fourth-order valence-corrected chi connectivity index (χ4v) is 5.72. The van der Waals surface area contributed by atoms with Crippen LogP contribution in [-0.4, -0.2) is 56.0 Å². The summed E-state index contributed by atoms with van der Waals surface area (Å²) in [6, 6.07) is 10.7. The molecule has 1 saturated heterocycles. The zero-order valence-electron chi connectivity index (χ0n) is 16.9. The summed E-state index contributed by atoms with van der Waals surface area (Å²) >= 11 is 0. The molecule has 1 N–H and O–H groups in total. The van der Waals surface area contributed by atoms with Gasteiger partial charge in [0.2, 0.25) is 0 Å². The van der Waals surface area contributed by atoms with Gasteiger partial charge in [0.1, 0.15) is 0 Å². The lowest BCUT2D eigenvalue weighted by molar-refractivity contribution is 0.350. The molecule has 0 bridgehead atoms. The van der Waals surface area contributed by atoms with Crippen molar-refractivity contribution in [2.45, 2.75) is 56.6 Å². The quantitative estimate of drug-likeness (QED) is 0.633. The van der Waals surface area contributed by atoms with Crippen molar-refractivity contribution in [1.82, 2.24) is 10.2 Å². The zero-order valence-corrected chi connectivity index (χ0v) is 17.7. The highest BCUT2D eigenvalue weighted by atomic mass is 32.2. The van der Waals surface area contributed by atoms with Gasteiger partial charge in [-0.2, -0.15) is 0 Å². The maximum Gasteiger partial charge on any atom is 0.194 e. The summed E-state index contributed by atoms with van der Waals surface area (Å²) in [5.41, 5.74) is 1.49. The predicted octanol–water partition coefficient (Wildman–Crippen LogP) is 2.97. The van der Waals surface area contributed by atoms with E-state index in [1.165, 1.54) is 31.2 Å². The maximum absolute atomic E-state index is 12.3. The van der Waals surface area contributed by atoms with Crippen molar-refractivity contribution >= 4 is 15.8 Å². The van der Waals surface area contributed by atoms with Crippen molar-refractivity contribution in [3.05, 3.63) is 35.9 Å². The number of benzene rings is 1. The number of guanidine groups is 1. The molecule has 5 nitrogen and oxygen atoms in total. The molecule has 1 aromatic rings. The number of rotatable bonds is 4. The molecule has 0 unspecified atom stereocenters. The highest BCUT2D eigenvalue weighted by Crippen LogP contribution is 2.41. The van der Waals surface area contributed by atoms with Crippen LogP contribution in [0.2, 0.25) is 0 Å². The lowest BCUT2D eigenvalue weighted by Crippen LogP contribution is -2.57. The molecule has 3 rings (SSSR count). The van der Waals surface area contributed by atoms with Crippen LogP contribution in [0.3, 0.4) is 0 Å². The predicted molar refractivity (Wildman–Crippen MR) is 112 cm³/mol. The monoisotopic (exact) mass is 391 g/mol. The first-order valence-corrected chi connectivity index (χ1v) is 11.8. The Morgan fingerprint density at radius 3 is 2.44 bits per heavy atom. The van der Waals surface area contributed by atoms with E-state index >= 15 is 0 Å². The third-order valence-corrected chi connectivity index (χ3v) is 8.69. The minimum Gasteiger partial charge on any atom is -0.357 e. The Bertz CT molecular complexity index is 766. The summed E-state index contributed by atoms with van der Waals surface area (Å²) in [5.74, 6) is 1.04. The second-order valence-corrected chi connectivity index (χ2v) is 11.3. The van der Waals surface area contributed by atoms with Crippen LogP contribution in [-0.2, 0) is 15.3 Å². The minimum absolute atomic E-state index is 0.110. The smallest absolute Gasteiger partial charge is 0.194 e. The molecule has 2 fully saturated rings. The van der Waals surface area contributed by atoms with Crippen molar-refractivity contribution in [3.63, 3.8) is 0 Å². The molecule has 6 heteroatoms. The summed E-state index contributed by atoms with van der Waals surface area (Å²) in [6.07, 6.45) is 4.82. The molecule has 1 heterocycles. The van der Waals surface area contributed by atoms with Crippen LogP contribution >= 0.6 is 0 Å². The molecule has 2 aliphatic rings. The van der Waals surface area contributed by atoms with Crippen molar-refractivity contribution in [2.75, 3.05) is 31.9 Å². The van der Waals surface area contributed by atoms with Crippen LogP contribution in [0.5, 0.6) is 0 Å². The van der Waals surface area contributed by atoms with Gasteiger partial charge in [-0.15, -0.1) is 0 Å². The molecule has 0 amide bonds. The fraction of sp³-hybridized carbons (Fsp3) is 0.667. The molecule has 1 aliphatic carbocycles. The third kappa shape index (κ3) is 4.15. The molecule has 0 aromatic heterocycles. The van der Waals surface area contributed by atoms with Crippen molar-refractivity contribution in [2.24, 2.45) is 4.99 Å². The molecule has 150 valence electrons. The highest BCUT2D eigenvalue weighted by molar-refractivity contribution is 7.92. The second kappa shape index (κ2) is 7.82. The van der Waals surface area contributed by atoms with Crippen LogP contribution in [0.4, 0.5) is 0 Å². The number of nitrogens with one attached hydrogen (secondary N) is 1. The Labute approximate surface area is 164 Å². The molecular weight excluding hydrogens is 358 g/mol. The molecule has 0 radical (unpaired) electrons. The number of hydrogen-bond acceptors (Lipinski definition) is 3. The Kier molecular flexibility index (Phi) is 5.84. The first-order valence-electron chi connectivity index (χ1n) is 10.1. The third-order valence-electron chi connectivity index (χ3n) is 6.16. The van der Waals surface area contributed by atoms with Crippen LogP contribution < -0.4 is 5.32 Å². The Morgan fingerprint density at radius 2 is 1.85 bits per heavy atom. The lowest BCUT2D eigenvalue weighted by atomic mass is 9.79. The first kappa shape index (κ1) is 20.2. The van der Waals surface area contributed by atoms with Gasteiger partial charge in [-0.1, -0.05) is 43.2 Å². The van der Waals surface area contributed by atoms with Gasteiger partial charge in [-0.3, -0.25) is 4.99 Å². The van der Waals surface area contributed by atoms with Crippen molar-refractivity contribution < 1.29 is 8.42 Å². The van der Waals surface area contributed by atoms with E-state index in [1.807, 2.05) is 13.8 Å². The average Bonchev–Trinajstić information content (AvgIpc) is 3.12. The minimum atomic E-state index is -3.05. The van der Waals surface area contributed by atoms with Gasteiger partial charge in [0.15, 0.2) is 15.8 Å². The second-order valence-electron chi connectivity index (χ2n) is 8.52. The van der Waals surface area contributed by atoms with E-state index in [9.17, 15) is 8.42 Å². The van der Waals surface area contributed by atoms with Crippen molar-refractivity contribution in [3.8, 4) is 0 Å². The standard InChI is InChI=1S/C21H33N3O2S/c1-4-22-19(24-14-15-27(25,26)20(2,3)17-24)23-16-21(12-8-9-13-21)18-10-6-5-7-11-18/h5-7,10-11H,4,8-9,12-17H2,1-3H3,(H,22,23). The number of hydrogen-bond donors (Lipinski definition) is 1. The maximum atomic E-state index is 12.3. The zero-order chi connectivity index (χ0) is 19.5. The van der Waals surface area contributed by atoms with Crippen LogP contribution in [0, 0.1) is 0 Å². The summed E-state index contributed by atoms with van der Waals surface area (Å²) in [7, 11) is -3.05. The van der Waals surface area contributed by atoms with E-state index in [0.717, 1.165) is 19.0 Å². The number of aliphatic imine (C=N–C) groups is 1. The molecule has 1 saturated carbocycles. The fourth-order valence-electron chi connectivity index (χ4n) is 4.36. The van der Waals surface area contributed by atoms with Gasteiger partial charge in [0.25, 0.3) is 0 Å². The van der Waals surface area contributed by atoms with Crippen LogP contribution in [0.15, 0.2) is 35.3 Å². The Morgan fingerprint density at radius 1 is 1.19 bits per heavy atom. The van der Waals surface area contributed by atoms with Gasteiger partial charge in [-0.25, -0.2) is 8.42 Å². The molecule has 1 aliphatic heterocycles. The van der Waals surface area contributed by atoms with Crippen LogP contribution in [0.25, 0.3) is 0 Å². The molecular formula is C21H33N3O2S. The van der Waals surface area contributed by atoms with E-state index in [0.29, 0.717) is 13.1 Å². The van der Waals surface area contributed by atoms with Gasteiger partial charge >= 0.3 is 0 Å². The van der Waals surface area contributed by atoms with E-state index in [-0.39, 0.29) is 11.2 Å². The summed E-state index contributed by atoms with van der Waals surface area (Å²) in [6.45, 7) is 8.23. The Balaban J connectivity index is 1.83. The Hall–Kier alpha value is -1.56. The van der Waals surface area contributed by atoms with Gasteiger partial charge in [0, 0.05) is 25.0 Å². The van der Waals surface area contributed by atoms with Crippen LogP contribution in [0.1, 0.15) is 52.0 Å². The summed E-state index contributed by atoms with van der Waals surface area (Å²) in [5, 5.41) is 3.39. The largest absolute Gasteiger partial charge is 0.357 e. The van der Waals surface area contributed by atoms with E-state index < -0.39 is 14.6 Å². The average molecular weight is 392 g/mol. The normalized spacial score (nSPS) is 24.0. The van der Waals surface area contributed by atoms with Crippen molar-refractivity contribution in [1.29, 1.82) is 0 Å². The summed E-state index contributed by atoms with van der Waals surface area (Å²) in [4.78, 5) is 7.14. The van der Waals surface area contributed by atoms with E-state index in [4.69, 9.17) is 4.99 Å². The van der Waals surface area contributed by atoms with Gasteiger partial charge in [-0.05, 0) is 39.2 Å². The van der Waals surface area contributed by atoms with E-state index in [1.54, 1.807) is 0 Å². The highest BCUT2D eigenvalue weighted by Gasteiger charge is 2.41. The molecule has 0 atom stereocenters. The topological polar surface area (TPSA) is 61.8 Å².